The first-order valence-electron chi connectivity index (χ1n) is 5.83. The summed E-state index contributed by atoms with van der Waals surface area (Å²) >= 11 is 0. The minimum Gasteiger partial charge on any atom is -0.396 e. The summed E-state index contributed by atoms with van der Waals surface area (Å²) in [5.41, 5.74) is 7.64. The fraction of sp³-hybridized carbons (Fsp3) is 0.583. The standard InChI is InChI=1S/C12H20N4/c1-9-3-4-11(13)12(14-9)15-10-5-7-16(2)8-6-10/h3-4,10H,5-8,13H2,1-2H3,(H,14,15). The van der Waals surface area contributed by atoms with Crippen LogP contribution in [0.15, 0.2) is 12.1 Å². The molecule has 2 rings (SSSR count). The highest BCUT2D eigenvalue weighted by molar-refractivity contribution is 5.61. The zero-order valence-electron chi connectivity index (χ0n) is 10.0. The number of hydrogen-bond acceptors (Lipinski definition) is 4. The Hall–Kier alpha value is -1.29. The summed E-state index contributed by atoms with van der Waals surface area (Å²) in [5.74, 6) is 0.842. The van der Waals surface area contributed by atoms with Crippen LogP contribution < -0.4 is 11.1 Å². The maximum Gasteiger partial charge on any atom is 0.149 e. The van der Waals surface area contributed by atoms with Crippen molar-refractivity contribution in [3.05, 3.63) is 17.8 Å². The SMILES string of the molecule is Cc1ccc(N)c(NC2CCN(C)CC2)n1. The van der Waals surface area contributed by atoms with Crippen molar-refractivity contribution in [2.45, 2.75) is 25.8 Å². The lowest BCUT2D eigenvalue weighted by Gasteiger charge is -2.30. The molecule has 2 heterocycles. The average Bonchev–Trinajstić information content (AvgIpc) is 2.27. The Kier molecular flexibility index (Phi) is 3.29. The van der Waals surface area contributed by atoms with Gasteiger partial charge in [-0.2, -0.15) is 0 Å². The second kappa shape index (κ2) is 4.70. The van der Waals surface area contributed by atoms with Crippen molar-refractivity contribution < 1.29 is 0 Å². The molecule has 0 amide bonds. The van der Waals surface area contributed by atoms with Crippen LogP contribution in [-0.2, 0) is 0 Å². The van der Waals surface area contributed by atoms with Crippen molar-refractivity contribution in [1.82, 2.24) is 9.88 Å². The van der Waals surface area contributed by atoms with Gasteiger partial charge in [-0.05, 0) is 52.0 Å². The molecule has 3 N–H and O–H groups in total. The normalized spacial score (nSPS) is 18.6. The molecule has 0 spiro atoms. The molecule has 1 aromatic rings. The van der Waals surface area contributed by atoms with Crippen molar-refractivity contribution in [2.75, 3.05) is 31.2 Å². The minimum atomic E-state index is 0.507. The largest absolute Gasteiger partial charge is 0.396 e. The van der Waals surface area contributed by atoms with Crippen molar-refractivity contribution in [1.29, 1.82) is 0 Å². The molecule has 16 heavy (non-hydrogen) atoms. The number of likely N-dealkylation sites (tertiary alicyclic amines) is 1. The molecule has 0 saturated carbocycles. The Balaban J connectivity index is 2.00. The number of piperidine rings is 1. The van der Waals surface area contributed by atoms with Gasteiger partial charge < -0.3 is 16.0 Å². The third-order valence-electron chi connectivity index (χ3n) is 3.13. The monoisotopic (exact) mass is 220 g/mol. The van der Waals surface area contributed by atoms with Gasteiger partial charge in [0.25, 0.3) is 0 Å². The maximum atomic E-state index is 5.90. The zero-order valence-corrected chi connectivity index (χ0v) is 10.0. The smallest absolute Gasteiger partial charge is 0.149 e. The summed E-state index contributed by atoms with van der Waals surface area (Å²) in [6, 6.07) is 4.36. The van der Waals surface area contributed by atoms with Gasteiger partial charge >= 0.3 is 0 Å². The van der Waals surface area contributed by atoms with Crippen LogP contribution in [0.3, 0.4) is 0 Å². The summed E-state index contributed by atoms with van der Waals surface area (Å²) in [6.45, 7) is 4.27. The Morgan fingerprint density at radius 2 is 2.06 bits per heavy atom. The maximum absolute atomic E-state index is 5.90. The lowest BCUT2D eigenvalue weighted by Crippen LogP contribution is -2.37. The van der Waals surface area contributed by atoms with Gasteiger partial charge in [0.05, 0.1) is 5.69 Å². The van der Waals surface area contributed by atoms with E-state index in [2.05, 4.69) is 22.2 Å². The van der Waals surface area contributed by atoms with E-state index in [1.807, 2.05) is 19.1 Å². The number of aromatic nitrogens is 1. The van der Waals surface area contributed by atoms with Crippen molar-refractivity contribution in [3.8, 4) is 0 Å². The molecule has 0 unspecified atom stereocenters. The molecule has 4 heteroatoms. The number of rotatable bonds is 2. The summed E-state index contributed by atoms with van der Waals surface area (Å²) in [4.78, 5) is 6.79. The Morgan fingerprint density at radius 3 is 2.75 bits per heavy atom. The van der Waals surface area contributed by atoms with Gasteiger partial charge in [0.1, 0.15) is 5.82 Å². The second-order valence-corrected chi connectivity index (χ2v) is 4.61. The highest BCUT2D eigenvalue weighted by Gasteiger charge is 2.17. The van der Waals surface area contributed by atoms with Crippen LogP contribution in [0, 0.1) is 6.92 Å². The fourth-order valence-corrected chi connectivity index (χ4v) is 2.03. The van der Waals surface area contributed by atoms with Gasteiger partial charge in [-0.25, -0.2) is 4.98 Å². The zero-order chi connectivity index (χ0) is 11.5. The van der Waals surface area contributed by atoms with Gasteiger partial charge in [-0.1, -0.05) is 0 Å². The third-order valence-corrected chi connectivity index (χ3v) is 3.13. The van der Waals surface area contributed by atoms with Crippen LogP contribution in [0.5, 0.6) is 0 Å². The second-order valence-electron chi connectivity index (χ2n) is 4.61. The number of anilines is 2. The molecule has 0 bridgehead atoms. The molecule has 1 saturated heterocycles. The number of nitrogens with two attached hydrogens (primary N) is 1. The van der Waals surface area contributed by atoms with Gasteiger partial charge in [0.2, 0.25) is 0 Å². The van der Waals surface area contributed by atoms with E-state index in [4.69, 9.17) is 5.73 Å². The highest BCUT2D eigenvalue weighted by Crippen LogP contribution is 2.19. The van der Waals surface area contributed by atoms with E-state index in [1.54, 1.807) is 0 Å². The number of nitrogen functional groups attached to an aromatic ring is 1. The molecule has 1 aromatic heterocycles. The van der Waals surface area contributed by atoms with E-state index < -0.39 is 0 Å². The van der Waals surface area contributed by atoms with Crippen molar-refractivity contribution in [2.24, 2.45) is 0 Å². The fourth-order valence-electron chi connectivity index (χ4n) is 2.03. The number of hydrogen-bond donors (Lipinski definition) is 2. The van der Waals surface area contributed by atoms with E-state index in [9.17, 15) is 0 Å². The summed E-state index contributed by atoms with van der Waals surface area (Å²) in [7, 11) is 2.16. The van der Waals surface area contributed by atoms with Crippen LogP contribution in [0.2, 0.25) is 0 Å². The van der Waals surface area contributed by atoms with E-state index in [1.165, 1.54) is 0 Å². The highest BCUT2D eigenvalue weighted by atomic mass is 15.1. The molecular weight excluding hydrogens is 200 g/mol. The van der Waals surface area contributed by atoms with Gasteiger partial charge in [-0.15, -0.1) is 0 Å². The first-order chi connectivity index (χ1) is 7.65. The Labute approximate surface area is 96.8 Å². The van der Waals surface area contributed by atoms with E-state index in [-0.39, 0.29) is 0 Å². The predicted octanol–water partition coefficient (Wildman–Crippen LogP) is 1.48. The molecule has 0 aromatic carbocycles. The van der Waals surface area contributed by atoms with Gasteiger partial charge in [0, 0.05) is 11.7 Å². The Morgan fingerprint density at radius 1 is 1.38 bits per heavy atom. The van der Waals surface area contributed by atoms with Crippen LogP contribution >= 0.6 is 0 Å². The molecular formula is C12H20N4. The molecule has 0 aliphatic carbocycles. The van der Waals surface area contributed by atoms with Gasteiger partial charge in [0.15, 0.2) is 0 Å². The molecule has 0 atom stereocenters. The number of pyridine rings is 1. The number of nitrogens with one attached hydrogen (secondary N) is 1. The predicted molar refractivity (Wildman–Crippen MR) is 67.5 cm³/mol. The molecule has 88 valence electrons. The van der Waals surface area contributed by atoms with Crippen LogP contribution in [0.4, 0.5) is 11.5 Å². The summed E-state index contributed by atoms with van der Waals surface area (Å²) in [6.07, 6.45) is 2.32. The number of nitrogens with zero attached hydrogens (tertiary/aromatic N) is 2. The first-order valence-corrected chi connectivity index (χ1v) is 5.83. The van der Waals surface area contributed by atoms with E-state index in [0.29, 0.717) is 6.04 Å². The van der Waals surface area contributed by atoms with Crippen LogP contribution in [0.25, 0.3) is 0 Å². The topological polar surface area (TPSA) is 54.2 Å². The average molecular weight is 220 g/mol. The number of aryl methyl sites for hydroxylation is 1. The quantitative estimate of drug-likeness (QED) is 0.792. The molecule has 0 radical (unpaired) electrons. The van der Waals surface area contributed by atoms with Gasteiger partial charge in [-0.3, -0.25) is 0 Å². The lowest BCUT2D eigenvalue weighted by molar-refractivity contribution is 0.263. The lowest BCUT2D eigenvalue weighted by atomic mass is 10.1. The molecule has 1 aliphatic heterocycles. The Bertz CT molecular complexity index is 356. The molecule has 1 aliphatic rings. The van der Waals surface area contributed by atoms with Crippen molar-refractivity contribution in [3.63, 3.8) is 0 Å². The van der Waals surface area contributed by atoms with Crippen molar-refractivity contribution >= 4 is 11.5 Å². The molecule has 4 nitrogen and oxygen atoms in total. The first kappa shape index (κ1) is 11.2. The minimum absolute atomic E-state index is 0.507. The third kappa shape index (κ3) is 2.64. The van der Waals surface area contributed by atoms with Crippen LogP contribution in [0.1, 0.15) is 18.5 Å². The summed E-state index contributed by atoms with van der Waals surface area (Å²) in [5, 5.41) is 3.45. The van der Waals surface area contributed by atoms with Crippen LogP contribution in [-0.4, -0.2) is 36.1 Å². The van der Waals surface area contributed by atoms with E-state index in [0.717, 1.165) is 43.1 Å². The summed E-state index contributed by atoms with van der Waals surface area (Å²) < 4.78 is 0. The molecule has 1 fully saturated rings. The van der Waals surface area contributed by atoms with E-state index >= 15 is 0 Å².